The fourth-order valence-corrected chi connectivity index (χ4v) is 2.91. The van der Waals surface area contributed by atoms with E-state index in [1.165, 1.54) is 30.6 Å². The van der Waals surface area contributed by atoms with Gasteiger partial charge in [0.05, 0.1) is 23.9 Å². The third-order valence-electron chi connectivity index (χ3n) is 2.99. The summed E-state index contributed by atoms with van der Waals surface area (Å²) in [7, 11) is 1.48. The average molecular weight is 305 g/mol. The molecular formula is C15H15NO4S. The molecule has 0 unspecified atom stereocenters. The maximum absolute atomic E-state index is 12.3. The molecule has 1 amide bonds. The molecule has 1 aromatic carbocycles. The van der Waals surface area contributed by atoms with Crippen LogP contribution in [0.3, 0.4) is 0 Å². The molecule has 1 aromatic heterocycles. The second-order valence-corrected chi connectivity index (χ2v) is 5.96. The van der Waals surface area contributed by atoms with Gasteiger partial charge in [-0.15, -0.1) is 11.3 Å². The quantitative estimate of drug-likeness (QED) is 0.908. The minimum absolute atomic E-state index is 0.0220. The minimum Gasteiger partial charge on any atom is -0.497 e. The van der Waals surface area contributed by atoms with Gasteiger partial charge in [-0.1, -0.05) is 0 Å². The summed E-state index contributed by atoms with van der Waals surface area (Å²) >= 11 is 1.52. The molecule has 110 valence electrons. The van der Waals surface area contributed by atoms with Crippen molar-refractivity contribution < 1.29 is 19.4 Å². The van der Waals surface area contributed by atoms with Crippen molar-refractivity contribution in [3.63, 3.8) is 0 Å². The van der Waals surface area contributed by atoms with Crippen molar-refractivity contribution in [2.75, 3.05) is 12.4 Å². The molecule has 0 atom stereocenters. The molecule has 0 aliphatic rings. The third kappa shape index (κ3) is 3.22. The number of rotatable bonds is 4. The average Bonchev–Trinajstić information content (AvgIpc) is 2.77. The first-order valence-electron chi connectivity index (χ1n) is 6.22. The molecule has 0 saturated carbocycles. The Balaban J connectivity index is 2.35. The number of carbonyl (C=O) groups is 2. The Morgan fingerprint density at radius 2 is 1.90 bits per heavy atom. The van der Waals surface area contributed by atoms with E-state index < -0.39 is 5.97 Å². The molecule has 0 aliphatic heterocycles. The molecule has 0 radical (unpaired) electrons. The lowest BCUT2D eigenvalue weighted by Crippen LogP contribution is -2.15. The highest BCUT2D eigenvalue weighted by molar-refractivity contribution is 7.12. The Bertz CT molecular complexity index is 706. The van der Waals surface area contributed by atoms with Crippen LogP contribution in [0, 0.1) is 13.8 Å². The number of anilines is 1. The van der Waals surface area contributed by atoms with Gasteiger partial charge in [-0.25, -0.2) is 4.79 Å². The molecule has 5 nitrogen and oxygen atoms in total. The van der Waals surface area contributed by atoms with Crippen molar-refractivity contribution in [1.82, 2.24) is 0 Å². The van der Waals surface area contributed by atoms with Crippen LogP contribution in [0.4, 0.5) is 5.69 Å². The van der Waals surface area contributed by atoms with Crippen LogP contribution in [0.25, 0.3) is 0 Å². The van der Waals surface area contributed by atoms with Gasteiger partial charge < -0.3 is 15.2 Å². The van der Waals surface area contributed by atoms with Crippen LogP contribution in [0.2, 0.25) is 0 Å². The van der Waals surface area contributed by atoms with Crippen LogP contribution in [-0.2, 0) is 0 Å². The van der Waals surface area contributed by atoms with Crippen molar-refractivity contribution in [2.24, 2.45) is 0 Å². The summed E-state index contributed by atoms with van der Waals surface area (Å²) in [5.41, 5.74) is 0.792. The first-order valence-corrected chi connectivity index (χ1v) is 7.03. The van der Waals surface area contributed by atoms with Gasteiger partial charge in [0, 0.05) is 15.8 Å². The molecule has 2 rings (SSSR count). The van der Waals surface area contributed by atoms with E-state index >= 15 is 0 Å². The van der Waals surface area contributed by atoms with E-state index in [0.29, 0.717) is 11.3 Å². The summed E-state index contributed by atoms with van der Waals surface area (Å²) in [6.45, 7) is 3.78. The SMILES string of the molecule is COc1ccc(C(=O)O)c(NC(=O)c2cc(C)sc2C)c1. The normalized spacial score (nSPS) is 10.2. The number of nitrogens with one attached hydrogen (secondary N) is 1. The smallest absolute Gasteiger partial charge is 0.337 e. The van der Waals surface area contributed by atoms with Crippen molar-refractivity contribution in [3.05, 3.63) is 45.1 Å². The number of carboxylic acids is 1. The monoisotopic (exact) mass is 305 g/mol. The van der Waals surface area contributed by atoms with E-state index in [1.54, 1.807) is 12.1 Å². The Kier molecular flexibility index (Phi) is 4.28. The maximum Gasteiger partial charge on any atom is 0.337 e. The topological polar surface area (TPSA) is 75.6 Å². The summed E-state index contributed by atoms with van der Waals surface area (Å²) in [5.74, 6) is -0.952. The fraction of sp³-hybridized carbons (Fsp3) is 0.200. The second-order valence-electron chi connectivity index (χ2n) is 4.50. The van der Waals surface area contributed by atoms with Crippen LogP contribution in [0.15, 0.2) is 24.3 Å². The number of hydrogen-bond acceptors (Lipinski definition) is 4. The number of aromatic carboxylic acids is 1. The Morgan fingerprint density at radius 1 is 1.19 bits per heavy atom. The Hall–Kier alpha value is -2.34. The molecule has 2 N–H and O–H groups in total. The van der Waals surface area contributed by atoms with Crippen molar-refractivity contribution in [3.8, 4) is 5.75 Å². The number of carbonyl (C=O) groups excluding carboxylic acids is 1. The van der Waals surface area contributed by atoms with Crippen molar-refractivity contribution in [2.45, 2.75) is 13.8 Å². The van der Waals surface area contributed by atoms with Gasteiger partial charge in [0.1, 0.15) is 5.75 Å². The molecule has 2 aromatic rings. The zero-order valence-electron chi connectivity index (χ0n) is 11.9. The number of thiophene rings is 1. The molecule has 0 fully saturated rings. The lowest BCUT2D eigenvalue weighted by molar-refractivity contribution is 0.0698. The first-order chi connectivity index (χ1) is 9.92. The molecule has 0 aliphatic carbocycles. The minimum atomic E-state index is -1.11. The molecule has 0 bridgehead atoms. The number of carboxylic acid groups (broad SMARTS) is 1. The number of hydrogen-bond donors (Lipinski definition) is 2. The Labute approximate surface area is 126 Å². The van der Waals surface area contributed by atoms with Gasteiger partial charge >= 0.3 is 5.97 Å². The lowest BCUT2D eigenvalue weighted by atomic mass is 10.1. The van der Waals surface area contributed by atoms with Crippen LogP contribution < -0.4 is 10.1 Å². The van der Waals surface area contributed by atoms with Crippen LogP contribution >= 0.6 is 11.3 Å². The maximum atomic E-state index is 12.3. The largest absolute Gasteiger partial charge is 0.497 e. The summed E-state index contributed by atoms with van der Waals surface area (Å²) in [4.78, 5) is 25.4. The van der Waals surface area contributed by atoms with Crippen LogP contribution in [0.5, 0.6) is 5.75 Å². The predicted octanol–water partition coefficient (Wildman–Crippen LogP) is 3.32. The Morgan fingerprint density at radius 3 is 2.43 bits per heavy atom. The molecule has 0 saturated heterocycles. The van der Waals surface area contributed by atoms with Crippen LogP contribution in [0.1, 0.15) is 30.5 Å². The van der Waals surface area contributed by atoms with Gasteiger partial charge in [0.15, 0.2) is 0 Å². The molecule has 1 heterocycles. The first kappa shape index (κ1) is 15.1. The van der Waals surface area contributed by atoms with E-state index in [0.717, 1.165) is 9.75 Å². The van der Waals surface area contributed by atoms with E-state index in [2.05, 4.69) is 5.32 Å². The van der Waals surface area contributed by atoms with E-state index in [1.807, 2.05) is 13.8 Å². The van der Waals surface area contributed by atoms with Gasteiger partial charge in [-0.05, 0) is 32.0 Å². The van der Waals surface area contributed by atoms with Gasteiger partial charge in [0.2, 0.25) is 0 Å². The van der Waals surface area contributed by atoms with Gasteiger partial charge in [0.25, 0.3) is 5.91 Å². The molecule has 6 heteroatoms. The van der Waals surface area contributed by atoms with Crippen molar-refractivity contribution >= 4 is 28.9 Å². The number of aryl methyl sites for hydroxylation is 2. The highest BCUT2D eigenvalue weighted by Crippen LogP contribution is 2.25. The summed E-state index contributed by atoms with van der Waals surface area (Å²) < 4.78 is 5.06. The predicted molar refractivity (Wildman–Crippen MR) is 81.7 cm³/mol. The summed E-state index contributed by atoms with van der Waals surface area (Å²) in [6.07, 6.45) is 0. The molecular weight excluding hydrogens is 290 g/mol. The molecule has 21 heavy (non-hydrogen) atoms. The van der Waals surface area contributed by atoms with Gasteiger partial charge in [-0.3, -0.25) is 4.79 Å². The number of benzene rings is 1. The molecule has 0 spiro atoms. The number of amides is 1. The highest BCUT2D eigenvalue weighted by atomic mass is 32.1. The van der Waals surface area contributed by atoms with Gasteiger partial charge in [-0.2, -0.15) is 0 Å². The van der Waals surface area contributed by atoms with E-state index in [-0.39, 0.29) is 17.2 Å². The zero-order valence-corrected chi connectivity index (χ0v) is 12.7. The number of methoxy groups -OCH3 is 1. The second kappa shape index (κ2) is 5.97. The highest BCUT2D eigenvalue weighted by Gasteiger charge is 2.17. The van der Waals surface area contributed by atoms with E-state index in [9.17, 15) is 14.7 Å². The summed E-state index contributed by atoms with van der Waals surface area (Å²) in [5, 5.41) is 11.8. The lowest BCUT2D eigenvalue weighted by Gasteiger charge is -2.10. The summed E-state index contributed by atoms with van der Waals surface area (Å²) in [6, 6.07) is 6.23. The third-order valence-corrected chi connectivity index (χ3v) is 3.96. The number of ether oxygens (including phenoxy) is 1. The van der Waals surface area contributed by atoms with E-state index in [4.69, 9.17) is 4.74 Å². The fourth-order valence-electron chi connectivity index (χ4n) is 1.99. The van der Waals surface area contributed by atoms with Crippen molar-refractivity contribution in [1.29, 1.82) is 0 Å². The standard InChI is InChI=1S/C15H15NO4S/c1-8-6-12(9(2)21-8)14(17)16-13-7-10(20-3)4-5-11(13)15(18)19/h4-7H,1-3H3,(H,16,17)(H,18,19). The van der Waals surface area contributed by atoms with Crippen LogP contribution in [-0.4, -0.2) is 24.1 Å². The zero-order chi connectivity index (χ0) is 15.6.